The Morgan fingerprint density at radius 3 is 2.50 bits per heavy atom. The molecule has 0 aliphatic heterocycles. The van der Waals surface area contributed by atoms with Gasteiger partial charge in [0.05, 0.1) is 6.54 Å². The highest BCUT2D eigenvalue weighted by Gasteiger charge is 2.08. The predicted molar refractivity (Wildman–Crippen MR) is 103 cm³/mol. The summed E-state index contributed by atoms with van der Waals surface area (Å²) in [5.41, 5.74) is 2.32. The van der Waals surface area contributed by atoms with E-state index in [2.05, 4.69) is 38.3 Å². The van der Waals surface area contributed by atoms with Crippen molar-refractivity contribution in [2.45, 2.75) is 19.9 Å². The first-order valence-electron chi connectivity index (χ1n) is 8.28. The van der Waals surface area contributed by atoms with E-state index < -0.39 is 0 Å². The van der Waals surface area contributed by atoms with E-state index in [1.54, 1.807) is 11.0 Å². The summed E-state index contributed by atoms with van der Waals surface area (Å²) >= 11 is 3.41. The van der Waals surface area contributed by atoms with E-state index in [4.69, 9.17) is 4.74 Å². The third-order valence-corrected chi connectivity index (χ3v) is 4.28. The Bertz CT molecular complexity index is 860. The van der Waals surface area contributed by atoms with Crippen LogP contribution in [-0.2, 0) is 17.8 Å². The number of aryl methyl sites for hydroxylation is 1. The average Bonchev–Trinajstić information content (AvgIpc) is 3.09. The van der Waals surface area contributed by atoms with Crippen LogP contribution < -0.4 is 10.1 Å². The minimum atomic E-state index is -0.300. The Hall–Kier alpha value is -2.67. The number of halogens is 1. The molecule has 26 heavy (non-hydrogen) atoms. The molecule has 1 heterocycles. The van der Waals surface area contributed by atoms with Crippen LogP contribution in [0.5, 0.6) is 5.75 Å². The SMILES string of the molecule is CCc1ccc(OCC(=O)Nc2ncn(Cc3ccc(Br)cc3)n2)cc1. The van der Waals surface area contributed by atoms with Crippen LogP contribution in [0.25, 0.3) is 0 Å². The van der Waals surface area contributed by atoms with E-state index in [9.17, 15) is 4.79 Å². The number of aromatic nitrogens is 3. The topological polar surface area (TPSA) is 69.0 Å². The molecule has 3 aromatic rings. The minimum Gasteiger partial charge on any atom is -0.484 e. The summed E-state index contributed by atoms with van der Waals surface area (Å²) in [7, 11) is 0. The Labute approximate surface area is 160 Å². The maximum absolute atomic E-state index is 12.0. The van der Waals surface area contributed by atoms with Crippen LogP contribution in [0.15, 0.2) is 59.3 Å². The lowest BCUT2D eigenvalue weighted by Crippen LogP contribution is -2.21. The van der Waals surface area contributed by atoms with Gasteiger partial charge in [-0.2, -0.15) is 0 Å². The Kier molecular flexibility index (Phi) is 6.01. The van der Waals surface area contributed by atoms with Crippen LogP contribution in [0.2, 0.25) is 0 Å². The molecule has 6 nitrogen and oxygen atoms in total. The number of nitrogens with zero attached hydrogens (tertiary/aromatic N) is 3. The lowest BCUT2D eigenvalue weighted by Gasteiger charge is -2.06. The molecule has 0 unspecified atom stereocenters. The molecule has 3 rings (SSSR count). The summed E-state index contributed by atoms with van der Waals surface area (Å²) in [6.07, 6.45) is 2.55. The fourth-order valence-corrected chi connectivity index (χ4v) is 2.60. The molecular formula is C19H19BrN4O2. The Morgan fingerprint density at radius 2 is 1.81 bits per heavy atom. The van der Waals surface area contributed by atoms with Crippen molar-refractivity contribution in [2.24, 2.45) is 0 Å². The highest BCUT2D eigenvalue weighted by Crippen LogP contribution is 2.13. The van der Waals surface area contributed by atoms with Gasteiger partial charge in [0.1, 0.15) is 12.1 Å². The normalized spacial score (nSPS) is 10.5. The number of carbonyl (C=O) groups is 1. The van der Waals surface area contributed by atoms with Gasteiger partial charge >= 0.3 is 0 Å². The molecule has 2 aromatic carbocycles. The first-order chi connectivity index (χ1) is 12.6. The highest BCUT2D eigenvalue weighted by atomic mass is 79.9. The molecule has 0 saturated carbocycles. The minimum absolute atomic E-state index is 0.0906. The zero-order valence-electron chi connectivity index (χ0n) is 14.4. The standard InChI is InChI=1S/C19H19BrN4O2/c1-2-14-5-9-17(10-6-14)26-12-18(25)22-19-21-13-24(23-19)11-15-3-7-16(20)8-4-15/h3-10,13H,2,11-12H2,1H3,(H,22,23,25). The molecule has 0 radical (unpaired) electrons. The van der Waals surface area contributed by atoms with Crippen molar-refractivity contribution in [3.63, 3.8) is 0 Å². The number of anilines is 1. The fraction of sp³-hybridized carbons (Fsp3) is 0.211. The molecule has 0 bridgehead atoms. The molecule has 1 amide bonds. The molecule has 0 aliphatic rings. The molecule has 0 spiro atoms. The van der Waals surface area contributed by atoms with Gasteiger partial charge in [-0.25, -0.2) is 9.67 Å². The van der Waals surface area contributed by atoms with Gasteiger partial charge in [0.2, 0.25) is 5.95 Å². The molecule has 0 atom stereocenters. The molecule has 0 aliphatic carbocycles. The van der Waals surface area contributed by atoms with E-state index in [1.165, 1.54) is 5.56 Å². The Morgan fingerprint density at radius 1 is 1.12 bits per heavy atom. The summed E-state index contributed by atoms with van der Waals surface area (Å²) in [6, 6.07) is 15.6. The highest BCUT2D eigenvalue weighted by molar-refractivity contribution is 9.10. The zero-order chi connectivity index (χ0) is 18.4. The third kappa shape index (κ3) is 5.16. The average molecular weight is 415 g/mol. The summed E-state index contributed by atoms with van der Waals surface area (Å²) < 4.78 is 8.17. The molecule has 0 fully saturated rings. The number of amides is 1. The van der Waals surface area contributed by atoms with Crippen LogP contribution in [0, 0.1) is 0 Å². The Balaban J connectivity index is 1.49. The maximum Gasteiger partial charge on any atom is 0.264 e. The third-order valence-electron chi connectivity index (χ3n) is 3.75. The van der Waals surface area contributed by atoms with Crippen molar-refractivity contribution in [1.29, 1.82) is 0 Å². The molecule has 1 aromatic heterocycles. The fourth-order valence-electron chi connectivity index (χ4n) is 2.34. The number of hydrogen-bond donors (Lipinski definition) is 1. The van der Waals surface area contributed by atoms with Crippen molar-refractivity contribution in [3.05, 3.63) is 70.5 Å². The maximum atomic E-state index is 12.0. The largest absolute Gasteiger partial charge is 0.484 e. The molecular weight excluding hydrogens is 396 g/mol. The molecule has 1 N–H and O–H groups in total. The first kappa shape index (κ1) is 18.1. The van der Waals surface area contributed by atoms with Crippen LogP contribution in [0.4, 0.5) is 5.95 Å². The van der Waals surface area contributed by atoms with Crippen molar-refractivity contribution in [2.75, 3.05) is 11.9 Å². The van der Waals surface area contributed by atoms with Gasteiger partial charge in [-0.15, -0.1) is 5.10 Å². The lowest BCUT2D eigenvalue weighted by atomic mass is 10.2. The summed E-state index contributed by atoms with van der Waals surface area (Å²) in [5.74, 6) is 0.620. The number of ether oxygens (including phenoxy) is 1. The van der Waals surface area contributed by atoms with Gasteiger partial charge in [-0.1, -0.05) is 47.1 Å². The van der Waals surface area contributed by atoms with E-state index in [0.717, 1.165) is 16.5 Å². The number of carbonyl (C=O) groups excluding carboxylic acids is 1. The van der Waals surface area contributed by atoms with Crippen molar-refractivity contribution in [3.8, 4) is 5.75 Å². The molecule has 0 saturated heterocycles. The second-order valence-corrected chi connectivity index (χ2v) is 6.64. The monoisotopic (exact) mass is 414 g/mol. The predicted octanol–water partition coefficient (Wildman–Crippen LogP) is 3.67. The number of rotatable bonds is 7. The number of benzene rings is 2. The van der Waals surface area contributed by atoms with E-state index in [0.29, 0.717) is 12.3 Å². The zero-order valence-corrected chi connectivity index (χ0v) is 15.9. The van der Waals surface area contributed by atoms with Crippen LogP contribution in [-0.4, -0.2) is 27.3 Å². The van der Waals surface area contributed by atoms with Gasteiger partial charge in [0.25, 0.3) is 5.91 Å². The van der Waals surface area contributed by atoms with E-state index in [1.807, 2.05) is 48.5 Å². The van der Waals surface area contributed by atoms with Crippen molar-refractivity contribution in [1.82, 2.24) is 14.8 Å². The van der Waals surface area contributed by atoms with E-state index in [-0.39, 0.29) is 18.5 Å². The van der Waals surface area contributed by atoms with Gasteiger partial charge < -0.3 is 4.74 Å². The number of hydrogen-bond acceptors (Lipinski definition) is 4. The van der Waals surface area contributed by atoms with Gasteiger partial charge in [0.15, 0.2) is 6.61 Å². The van der Waals surface area contributed by atoms with Gasteiger partial charge in [-0.3, -0.25) is 10.1 Å². The smallest absolute Gasteiger partial charge is 0.264 e. The first-order valence-corrected chi connectivity index (χ1v) is 9.07. The summed E-state index contributed by atoms with van der Waals surface area (Å²) in [5, 5.41) is 6.89. The number of nitrogens with one attached hydrogen (secondary N) is 1. The summed E-state index contributed by atoms with van der Waals surface area (Å²) in [6.45, 7) is 2.58. The quantitative estimate of drug-likeness (QED) is 0.640. The second-order valence-electron chi connectivity index (χ2n) is 5.73. The van der Waals surface area contributed by atoms with E-state index >= 15 is 0 Å². The second kappa shape index (κ2) is 8.62. The van der Waals surface area contributed by atoms with Crippen molar-refractivity contribution < 1.29 is 9.53 Å². The van der Waals surface area contributed by atoms with Gasteiger partial charge in [-0.05, 0) is 41.8 Å². The van der Waals surface area contributed by atoms with Crippen LogP contribution >= 0.6 is 15.9 Å². The lowest BCUT2D eigenvalue weighted by molar-refractivity contribution is -0.118. The van der Waals surface area contributed by atoms with Crippen molar-refractivity contribution >= 4 is 27.8 Å². The molecule has 134 valence electrons. The van der Waals surface area contributed by atoms with Gasteiger partial charge in [0, 0.05) is 4.47 Å². The van der Waals surface area contributed by atoms with Crippen LogP contribution in [0.1, 0.15) is 18.1 Å². The molecule has 7 heteroatoms. The van der Waals surface area contributed by atoms with Crippen LogP contribution in [0.3, 0.4) is 0 Å². The summed E-state index contributed by atoms with van der Waals surface area (Å²) in [4.78, 5) is 16.1.